The van der Waals surface area contributed by atoms with Crippen molar-refractivity contribution in [3.63, 3.8) is 0 Å². The van der Waals surface area contributed by atoms with Crippen molar-refractivity contribution in [1.29, 1.82) is 0 Å². The summed E-state index contributed by atoms with van der Waals surface area (Å²) >= 11 is 0. The topological polar surface area (TPSA) is 0 Å². The fourth-order valence-corrected chi connectivity index (χ4v) is 2.47. The summed E-state index contributed by atoms with van der Waals surface area (Å²) in [5.74, 6) is -1.18. The molecule has 0 aromatic heterocycles. The van der Waals surface area contributed by atoms with Crippen LogP contribution in [0.1, 0.15) is 43.6 Å². The van der Waals surface area contributed by atoms with Crippen LogP contribution in [-0.2, 0) is 0 Å². The van der Waals surface area contributed by atoms with Crippen molar-refractivity contribution in [3.8, 4) is 0 Å². The molecule has 1 aromatic rings. The van der Waals surface area contributed by atoms with Gasteiger partial charge in [-0.25, -0.2) is 8.78 Å². The van der Waals surface area contributed by atoms with Crippen molar-refractivity contribution >= 4 is 0 Å². The Morgan fingerprint density at radius 2 is 2.11 bits per heavy atom. The van der Waals surface area contributed by atoms with Crippen LogP contribution in [-0.4, -0.2) is 0 Å². The predicted molar refractivity (Wildman–Crippen MR) is 70.5 cm³/mol. The lowest BCUT2D eigenvalue weighted by atomic mass is 9.83. The molecule has 1 unspecified atom stereocenters. The van der Waals surface area contributed by atoms with E-state index in [9.17, 15) is 8.78 Å². The van der Waals surface area contributed by atoms with Gasteiger partial charge >= 0.3 is 0 Å². The molecule has 0 fully saturated rings. The molecule has 18 heavy (non-hydrogen) atoms. The summed E-state index contributed by atoms with van der Waals surface area (Å²) in [5.41, 5.74) is 2.38. The first-order valence-corrected chi connectivity index (χ1v) is 6.44. The van der Waals surface area contributed by atoms with E-state index >= 15 is 0 Å². The normalized spacial score (nSPS) is 19.4. The molecule has 0 radical (unpaired) electrons. The molecule has 0 heterocycles. The lowest BCUT2D eigenvalue weighted by molar-refractivity contribution is 0.502. The van der Waals surface area contributed by atoms with Gasteiger partial charge in [0.15, 0.2) is 11.6 Å². The van der Waals surface area contributed by atoms with Crippen molar-refractivity contribution in [2.75, 3.05) is 0 Å². The van der Waals surface area contributed by atoms with Crippen LogP contribution in [0.4, 0.5) is 8.78 Å². The van der Waals surface area contributed by atoms with Crippen molar-refractivity contribution in [2.45, 2.75) is 38.0 Å². The maximum absolute atomic E-state index is 13.2. The van der Waals surface area contributed by atoms with E-state index in [4.69, 9.17) is 0 Å². The molecule has 2 rings (SSSR count). The van der Waals surface area contributed by atoms with E-state index in [-0.39, 0.29) is 0 Å². The first kappa shape index (κ1) is 13.0. The number of hydrogen-bond donors (Lipinski definition) is 0. The zero-order valence-electron chi connectivity index (χ0n) is 10.5. The van der Waals surface area contributed by atoms with Crippen molar-refractivity contribution in [1.82, 2.24) is 0 Å². The lowest BCUT2D eigenvalue weighted by Gasteiger charge is -2.22. The largest absolute Gasteiger partial charge is 0.204 e. The summed E-state index contributed by atoms with van der Waals surface area (Å²) in [4.78, 5) is 0. The van der Waals surface area contributed by atoms with Crippen LogP contribution in [0.5, 0.6) is 0 Å². The zero-order valence-corrected chi connectivity index (χ0v) is 10.5. The minimum absolute atomic E-state index is 0.326. The predicted octanol–water partition coefficient (Wildman–Crippen LogP) is 5.12. The molecular weight excluding hydrogens is 230 g/mol. The van der Waals surface area contributed by atoms with Gasteiger partial charge in [-0.05, 0) is 55.7 Å². The highest BCUT2D eigenvalue weighted by atomic mass is 19.2. The van der Waals surface area contributed by atoms with E-state index in [2.05, 4.69) is 12.7 Å². The minimum Gasteiger partial charge on any atom is -0.204 e. The molecule has 0 aliphatic heterocycles. The second kappa shape index (κ2) is 5.94. The summed E-state index contributed by atoms with van der Waals surface area (Å²) in [6.07, 6.45) is 9.28. The van der Waals surface area contributed by atoms with Gasteiger partial charge in [-0.15, -0.1) is 6.58 Å². The molecule has 1 atom stereocenters. The van der Waals surface area contributed by atoms with Crippen LogP contribution in [0.15, 0.2) is 42.5 Å². The third-order valence-corrected chi connectivity index (χ3v) is 3.59. The lowest BCUT2D eigenvalue weighted by Crippen LogP contribution is -2.05. The van der Waals surface area contributed by atoms with Gasteiger partial charge < -0.3 is 0 Å². The molecule has 1 aliphatic carbocycles. The highest BCUT2D eigenvalue weighted by Crippen LogP contribution is 2.33. The second-order valence-electron chi connectivity index (χ2n) is 4.83. The van der Waals surface area contributed by atoms with Gasteiger partial charge in [0, 0.05) is 0 Å². The number of rotatable bonds is 4. The highest BCUT2D eigenvalue weighted by Gasteiger charge is 2.17. The van der Waals surface area contributed by atoms with Crippen LogP contribution < -0.4 is 0 Å². The Morgan fingerprint density at radius 1 is 1.28 bits per heavy atom. The van der Waals surface area contributed by atoms with E-state index in [1.54, 1.807) is 6.07 Å². The van der Waals surface area contributed by atoms with Crippen LogP contribution in [0.2, 0.25) is 0 Å². The van der Waals surface area contributed by atoms with Crippen LogP contribution in [0.3, 0.4) is 0 Å². The first-order chi connectivity index (χ1) is 8.70. The zero-order chi connectivity index (χ0) is 13.0. The van der Waals surface area contributed by atoms with Gasteiger partial charge in [0.2, 0.25) is 0 Å². The number of hydrogen-bond acceptors (Lipinski definition) is 0. The maximum atomic E-state index is 13.2. The Labute approximate surface area is 107 Å². The van der Waals surface area contributed by atoms with Crippen LogP contribution in [0.25, 0.3) is 0 Å². The molecular formula is C16H18F2. The summed E-state index contributed by atoms with van der Waals surface area (Å²) < 4.78 is 26.0. The van der Waals surface area contributed by atoms with Gasteiger partial charge in [0.25, 0.3) is 0 Å². The second-order valence-corrected chi connectivity index (χ2v) is 4.83. The standard InChI is InChI=1S/C16H18F2/c1-2-3-4-12-5-7-13(8-6-12)14-9-10-15(17)16(18)11-14/h2,5,9-11,13H,1,3-4,6-8H2. The van der Waals surface area contributed by atoms with Gasteiger partial charge in [-0.3, -0.25) is 0 Å². The maximum Gasteiger partial charge on any atom is 0.159 e. The average molecular weight is 248 g/mol. The Hall–Kier alpha value is -1.44. The molecule has 0 amide bonds. The molecule has 0 N–H and O–H groups in total. The summed E-state index contributed by atoms with van der Waals surface area (Å²) in [6, 6.07) is 4.26. The molecule has 0 saturated heterocycles. The quantitative estimate of drug-likeness (QED) is 0.648. The molecule has 0 nitrogen and oxygen atoms in total. The minimum atomic E-state index is -0.767. The Balaban J connectivity index is 2.02. The van der Waals surface area contributed by atoms with Crippen LogP contribution >= 0.6 is 0 Å². The van der Waals surface area contributed by atoms with Crippen molar-refractivity contribution in [2.24, 2.45) is 0 Å². The van der Waals surface area contributed by atoms with Gasteiger partial charge in [-0.1, -0.05) is 23.8 Å². The number of halogens is 2. The third kappa shape index (κ3) is 3.06. The average Bonchev–Trinajstić information content (AvgIpc) is 2.40. The third-order valence-electron chi connectivity index (χ3n) is 3.59. The molecule has 0 spiro atoms. The number of benzene rings is 1. The summed E-state index contributed by atoms with van der Waals surface area (Å²) in [5, 5.41) is 0. The van der Waals surface area contributed by atoms with E-state index in [0.717, 1.165) is 37.7 Å². The van der Waals surface area contributed by atoms with Gasteiger partial charge in [0.05, 0.1) is 0 Å². The summed E-state index contributed by atoms with van der Waals surface area (Å²) in [6.45, 7) is 3.72. The van der Waals surface area contributed by atoms with Crippen molar-refractivity contribution in [3.05, 3.63) is 59.7 Å². The van der Waals surface area contributed by atoms with Crippen LogP contribution in [0, 0.1) is 11.6 Å². The van der Waals surface area contributed by atoms with Gasteiger partial charge in [-0.2, -0.15) is 0 Å². The SMILES string of the molecule is C=CCCC1=CCC(c2ccc(F)c(F)c2)CC1. The Bertz CT molecular complexity index is 460. The molecule has 0 saturated carbocycles. The van der Waals surface area contributed by atoms with E-state index in [1.165, 1.54) is 17.7 Å². The highest BCUT2D eigenvalue weighted by molar-refractivity contribution is 5.25. The molecule has 1 aromatic carbocycles. The van der Waals surface area contributed by atoms with Gasteiger partial charge in [0.1, 0.15) is 0 Å². The van der Waals surface area contributed by atoms with E-state index < -0.39 is 11.6 Å². The van der Waals surface area contributed by atoms with Crippen molar-refractivity contribution < 1.29 is 8.78 Å². The molecule has 0 bridgehead atoms. The Morgan fingerprint density at radius 3 is 2.72 bits per heavy atom. The first-order valence-electron chi connectivity index (χ1n) is 6.44. The number of allylic oxidation sites excluding steroid dienone is 3. The monoisotopic (exact) mass is 248 g/mol. The van der Waals surface area contributed by atoms with E-state index in [0.29, 0.717) is 5.92 Å². The Kier molecular flexibility index (Phi) is 4.29. The molecule has 1 aliphatic rings. The fourth-order valence-electron chi connectivity index (χ4n) is 2.47. The smallest absolute Gasteiger partial charge is 0.159 e. The molecule has 2 heteroatoms. The fraction of sp³-hybridized carbons (Fsp3) is 0.375. The molecule has 96 valence electrons. The van der Waals surface area contributed by atoms with E-state index in [1.807, 2.05) is 6.08 Å². The summed E-state index contributed by atoms with van der Waals surface area (Å²) in [7, 11) is 0.